The van der Waals surface area contributed by atoms with Crippen molar-refractivity contribution in [1.29, 1.82) is 0 Å². The van der Waals surface area contributed by atoms with Crippen LogP contribution in [0.5, 0.6) is 0 Å². The summed E-state index contributed by atoms with van der Waals surface area (Å²) in [6.45, 7) is 6.19. The van der Waals surface area contributed by atoms with Crippen molar-refractivity contribution in [2.75, 3.05) is 33.4 Å². The van der Waals surface area contributed by atoms with E-state index >= 15 is 0 Å². The molecule has 0 amide bonds. The van der Waals surface area contributed by atoms with E-state index in [-0.39, 0.29) is 18.7 Å². The summed E-state index contributed by atoms with van der Waals surface area (Å²) in [5.41, 5.74) is 5.71. The Bertz CT molecular complexity index is 120. The molecule has 0 saturated carbocycles. The Morgan fingerprint density at radius 2 is 2.15 bits per heavy atom. The molecule has 0 bridgehead atoms. The van der Waals surface area contributed by atoms with E-state index in [1.807, 2.05) is 25.8 Å². The quantitative estimate of drug-likeness (QED) is 0.539. The van der Waals surface area contributed by atoms with Gasteiger partial charge >= 0.3 is 0 Å². The van der Waals surface area contributed by atoms with E-state index in [1.54, 1.807) is 0 Å². The van der Waals surface area contributed by atoms with Crippen molar-refractivity contribution < 1.29 is 9.84 Å². The van der Waals surface area contributed by atoms with Crippen LogP contribution in [0.4, 0.5) is 0 Å². The lowest BCUT2D eigenvalue weighted by atomic mass is 10.1. The van der Waals surface area contributed by atoms with E-state index in [4.69, 9.17) is 15.6 Å². The first kappa shape index (κ1) is 12.8. The van der Waals surface area contributed by atoms with E-state index in [9.17, 15) is 0 Å². The normalized spacial score (nSPS) is 16.2. The molecular weight excluding hydrogens is 168 g/mol. The molecule has 0 aromatic rings. The molecule has 4 heteroatoms. The van der Waals surface area contributed by atoms with Gasteiger partial charge in [0.25, 0.3) is 0 Å². The molecule has 3 N–H and O–H groups in total. The van der Waals surface area contributed by atoms with Gasteiger partial charge in [-0.2, -0.15) is 0 Å². The average Bonchev–Trinajstić information content (AvgIpc) is 2.05. The highest BCUT2D eigenvalue weighted by molar-refractivity contribution is 4.75. The van der Waals surface area contributed by atoms with Gasteiger partial charge in [-0.15, -0.1) is 0 Å². The van der Waals surface area contributed by atoms with Crippen molar-refractivity contribution in [1.82, 2.24) is 4.90 Å². The van der Waals surface area contributed by atoms with Gasteiger partial charge in [-0.25, -0.2) is 0 Å². The summed E-state index contributed by atoms with van der Waals surface area (Å²) in [6.07, 6.45) is 0. The molecule has 13 heavy (non-hydrogen) atoms. The van der Waals surface area contributed by atoms with E-state index < -0.39 is 0 Å². The van der Waals surface area contributed by atoms with Crippen LogP contribution in [0.2, 0.25) is 0 Å². The molecule has 0 fully saturated rings. The summed E-state index contributed by atoms with van der Waals surface area (Å²) >= 11 is 0. The smallest absolute Gasteiger partial charge is 0.0601 e. The van der Waals surface area contributed by atoms with Gasteiger partial charge in [-0.05, 0) is 20.9 Å². The lowest BCUT2D eigenvalue weighted by Crippen LogP contribution is -2.47. The fourth-order valence-corrected chi connectivity index (χ4v) is 1.23. The fourth-order valence-electron chi connectivity index (χ4n) is 1.23. The third kappa shape index (κ3) is 5.21. The largest absolute Gasteiger partial charge is 0.395 e. The summed E-state index contributed by atoms with van der Waals surface area (Å²) in [7, 11) is 1.95. The Balaban J connectivity index is 3.70. The molecule has 2 atom stereocenters. The van der Waals surface area contributed by atoms with Gasteiger partial charge in [0, 0.05) is 25.2 Å². The van der Waals surface area contributed by atoms with Crippen LogP contribution in [0.15, 0.2) is 0 Å². The molecule has 2 unspecified atom stereocenters. The zero-order chi connectivity index (χ0) is 10.3. The number of hydrogen-bond acceptors (Lipinski definition) is 4. The molecule has 0 rings (SSSR count). The van der Waals surface area contributed by atoms with Crippen molar-refractivity contribution in [2.24, 2.45) is 5.73 Å². The number of nitrogens with zero attached hydrogens (tertiary/aromatic N) is 1. The third-order valence-electron chi connectivity index (χ3n) is 2.15. The molecule has 80 valence electrons. The standard InChI is InChI=1S/C9H22N2O2/c1-4-13-6-5-11(3)9(7-12)8(2)10/h8-9,12H,4-7,10H2,1-3H3. The lowest BCUT2D eigenvalue weighted by molar-refractivity contribution is 0.0800. The molecule has 0 aliphatic carbocycles. The summed E-state index contributed by atoms with van der Waals surface area (Å²) in [5, 5.41) is 9.06. The number of aliphatic hydroxyl groups excluding tert-OH is 1. The Morgan fingerprint density at radius 1 is 1.54 bits per heavy atom. The maximum Gasteiger partial charge on any atom is 0.0601 e. The van der Waals surface area contributed by atoms with Gasteiger partial charge in [-0.3, -0.25) is 4.90 Å². The molecule has 0 saturated heterocycles. The number of hydrogen-bond donors (Lipinski definition) is 2. The van der Waals surface area contributed by atoms with Gasteiger partial charge in [0.1, 0.15) is 0 Å². The Kier molecular flexibility index (Phi) is 7.17. The number of aliphatic hydroxyl groups is 1. The average molecular weight is 190 g/mol. The zero-order valence-electron chi connectivity index (χ0n) is 8.86. The maximum atomic E-state index is 9.06. The van der Waals surface area contributed by atoms with Crippen LogP contribution in [0.3, 0.4) is 0 Å². The van der Waals surface area contributed by atoms with Crippen LogP contribution < -0.4 is 5.73 Å². The van der Waals surface area contributed by atoms with E-state index in [0.717, 1.165) is 13.2 Å². The molecule has 0 heterocycles. The summed E-state index contributed by atoms with van der Waals surface area (Å²) in [4.78, 5) is 2.03. The van der Waals surface area contributed by atoms with Gasteiger partial charge in [0.2, 0.25) is 0 Å². The maximum absolute atomic E-state index is 9.06. The molecule has 4 nitrogen and oxygen atoms in total. The Labute approximate surface area is 80.7 Å². The number of rotatable bonds is 7. The molecule has 0 aliphatic heterocycles. The summed E-state index contributed by atoms with van der Waals surface area (Å²) in [6, 6.07) is 0.0112. The van der Waals surface area contributed by atoms with Crippen LogP contribution in [0, 0.1) is 0 Å². The topological polar surface area (TPSA) is 58.7 Å². The number of likely N-dealkylation sites (N-methyl/N-ethyl adjacent to an activating group) is 1. The summed E-state index contributed by atoms with van der Waals surface area (Å²) < 4.78 is 5.21. The van der Waals surface area contributed by atoms with Crippen LogP contribution >= 0.6 is 0 Å². The third-order valence-corrected chi connectivity index (χ3v) is 2.15. The van der Waals surface area contributed by atoms with E-state index in [0.29, 0.717) is 6.61 Å². The summed E-state index contributed by atoms with van der Waals surface area (Å²) in [5.74, 6) is 0. The fraction of sp³-hybridized carbons (Fsp3) is 1.00. The van der Waals surface area contributed by atoms with Crippen molar-refractivity contribution >= 4 is 0 Å². The second-order valence-electron chi connectivity index (χ2n) is 3.29. The van der Waals surface area contributed by atoms with E-state index in [1.165, 1.54) is 0 Å². The van der Waals surface area contributed by atoms with Crippen LogP contribution in [-0.2, 0) is 4.74 Å². The Morgan fingerprint density at radius 3 is 2.54 bits per heavy atom. The number of nitrogens with two attached hydrogens (primary N) is 1. The minimum atomic E-state index is -0.0170. The Hall–Kier alpha value is -0.160. The molecule has 0 aliphatic rings. The highest BCUT2D eigenvalue weighted by Gasteiger charge is 2.17. The molecule has 0 spiro atoms. The molecule has 0 radical (unpaired) electrons. The van der Waals surface area contributed by atoms with Crippen LogP contribution in [0.25, 0.3) is 0 Å². The van der Waals surface area contributed by atoms with Crippen LogP contribution in [0.1, 0.15) is 13.8 Å². The minimum absolute atomic E-state index is 0.0170. The van der Waals surface area contributed by atoms with E-state index in [2.05, 4.69) is 0 Å². The SMILES string of the molecule is CCOCCN(C)C(CO)C(C)N. The monoisotopic (exact) mass is 190 g/mol. The predicted molar refractivity (Wildman–Crippen MR) is 53.6 cm³/mol. The number of ether oxygens (including phenoxy) is 1. The van der Waals surface area contributed by atoms with Crippen molar-refractivity contribution in [3.63, 3.8) is 0 Å². The first-order valence-corrected chi connectivity index (χ1v) is 4.77. The van der Waals surface area contributed by atoms with Gasteiger partial charge in [-0.1, -0.05) is 0 Å². The van der Waals surface area contributed by atoms with Gasteiger partial charge in [0.15, 0.2) is 0 Å². The van der Waals surface area contributed by atoms with Gasteiger partial charge < -0.3 is 15.6 Å². The predicted octanol–water partition coefficient (Wildman–Crippen LogP) is -0.337. The van der Waals surface area contributed by atoms with Gasteiger partial charge in [0.05, 0.1) is 13.2 Å². The first-order valence-electron chi connectivity index (χ1n) is 4.77. The lowest BCUT2D eigenvalue weighted by Gasteiger charge is -2.29. The zero-order valence-corrected chi connectivity index (χ0v) is 8.86. The molecular formula is C9H22N2O2. The minimum Gasteiger partial charge on any atom is -0.395 e. The van der Waals surface area contributed by atoms with Crippen molar-refractivity contribution in [3.05, 3.63) is 0 Å². The highest BCUT2D eigenvalue weighted by Crippen LogP contribution is 1.99. The highest BCUT2D eigenvalue weighted by atomic mass is 16.5. The second kappa shape index (κ2) is 7.26. The second-order valence-corrected chi connectivity index (χ2v) is 3.29. The van der Waals surface area contributed by atoms with Crippen molar-refractivity contribution in [3.8, 4) is 0 Å². The van der Waals surface area contributed by atoms with Crippen molar-refractivity contribution in [2.45, 2.75) is 25.9 Å². The molecule has 0 aromatic carbocycles. The first-order chi connectivity index (χ1) is 6.13. The molecule has 0 aromatic heterocycles. The van der Waals surface area contributed by atoms with Crippen LogP contribution in [-0.4, -0.2) is 55.5 Å².